The number of anilines is 1. The van der Waals surface area contributed by atoms with Crippen LogP contribution in [0.1, 0.15) is 11.7 Å². The zero-order valence-electron chi connectivity index (χ0n) is 9.74. The van der Waals surface area contributed by atoms with Crippen molar-refractivity contribution >= 4 is 26.7 Å². The zero-order valence-corrected chi connectivity index (χ0v) is 10.6. The lowest BCUT2D eigenvalue weighted by Crippen LogP contribution is -2.12. The van der Waals surface area contributed by atoms with Gasteiger partial charge in [0.15, 0.2) is 11.0 Å². The summed E-state index contributed by atoms with van der Waals surface area (Å²) in [7, 11) is 0. The average molecular weight is 271 g/mol. The minimum absolute atomic E-state index is 0.385. The highest BCUT2D eigenvalue weighted by Gasteiger charge is 2.15. The van der Waals surface area contributed by atoms with Gasteiger partial charge >= 0.3 is 0 Å². The van der Waals surface area contributed by atoms with Crippen molar-refractivity contribution in [3.63, 3.8) is 0 Å². The summed E-state index contributed by atoms with van der Waals surface area (Å²) in [5, 5.41) is 26.4. The Balaban J connectivity index is 1.73. The van der Waals surface area contributed by atoms with E-state index >= 15 is 0 Å². The van der Waals surface area contributed by atoms with E-state index in [1.807, 2.05) is 24.3 Å². The van der Waals surface area contributed by atoms with Crippen LogP contribution in [0.5, 0.6) is 0 Å². The third kappa shape index (κ3) is 2.36. The van der Waals surface area contributed by atoms with Crippen molar-refractivity contribution in [3.05, 3.63) is 30.1 Å². The highest BCUT2D eigenvalue weighted by molar-refractivity contribution is 7.22. The topological polar surface area (TPSA) is 103 Å². The number of benzene rings is 1. The number of rotatable bonds is 4. The fourth-order valence-corrected chi connectivity index (χ4v) is 2.52. The summed E-state index contributed by atoms with van der Waals surface area (Å²) in [5.74, 6) is -0.0677. The van der Waals surface area contributed by atoms with Crippen molar-refractivity contribution in [1.82, 2.24) is 25.6 Å². The lowest BCUT2D eigenvalue weighted by Gasteiger charge is -2.04. The van der Waals surface area contributed by atoms with Crippen LogP contribution in [-0.2, 0) is 0 Å². The van der Waals surface area contributed by atoms with Crippen molar-refractivity contribution in [2.45, 2.75) is 5.92 Å². The molecule has 0 spiro atoms. The van der Waals surface area contributed by atoms with Gasteiger partial charge in [0.2, 0.25) is 0 Å². The molecule has 0 saturated heterocycles. The SMILES string of the molecule is N#CC(CNc1nc2ccccc2s1)c1nn[nH]n1. The van der Waals surface area contributed by atoms with Gasteiger partial charge in [-0.15, -0.1) is 10.2 Å². The molecule has 19 heavy (non-hydrogen) atoms. The lowest BCUT2D eigenvalue weighted by atomic mass is 10.1. The van der Waals surface area contributed by atoms with Gasteiger partial charge in [-0.05, 0) is 12.1 Å². The number of aromatic nitrogens is 5. The molecule has 0 amide bonds. The van der Waals surface area contributed by atoms with Gasteiger partial charge in [-0.1, -0.05) is 28.7 Å². The maximum absolute atomic E-state index is 9.09. The van der Waals surface area contributed by atoms with Gasteiger partial charge in [0, 0.05) is 6.54 Å². The van der Waals surface area contributed by atoms with Crippen LogP contribution >= 0.6 is 11.3 Å². The van der Waals surface area contributed by atoms with Gasteiger partial charge in [-0.2, -0.15) is 10.5 Å². The van der Waals surface area contributed by atoms with E-state index in [1.54, 1.807) is 11.3 Å². The number of H-pyrrole nitrogens is 1. The summed E-state index contributed by atoms with van der Waals surface area (Å²) in [6, 6.07) is 10.0. The molecule has 2 N–H and O–H groups in total. The molecule has 0 aliphatic heterocycles. The van der Waals surface area contributed by atoms with Gasteiger partial charge < -0.3 is 5.32 Å². The Labute approximate surface area is 112 Å². The molecule has 2 aromatic heterocycles. The molecule has 94 valence electrons. The minimum Gasteiger partial charge on any atom is -0.360 e. The normalized spacial score (nSPS) is 12.2. The van der Waals surface area contributed by atoms with Crippen molar-refractivity contribution in [1.29, 1.82) is 5.26 Å². The molecule has 8 heteroatoms. The maximum Gasteiger partial charge on any atom is 0.193 e. The second-order valence-electron chi connectivity index (χ2n) is 3.82. The van der Waals surface area contributed by atoms with Crippen LogP contribution in [0.25, 0.3) is 10.2 Å². The third-order valence-electron chi connectivity index (χ3n) is 2.58. The second-order valence-corrected chi connectivity index (χ2v) is 4.85. The Morgan fingerprint density at radius 1 is 1.42 bits per heavy atom. The fraction of sp³-hybridized carbons (Fsp3) is 0.182. The predicted octanol–water partition coefficient (Wildman–Crippen LogP) is 1.53. The van der Waals surface area contributed by atoms with E-state index in [0.717, 1.165) is 15.3 Å². The smallest absolute Gasteiger partial charge is 0.193 e. The van der Waals surface area contributed by atoms with Crippen LogP contribution in [0, 0.1) is 11.3 Å². The van der Waals surface area contributed by atoms with Gasteiger partial charge in [-0.3, -0.25) is 0 Å². The molecule has 0 fully saturated rings. The number of fused-ring (bicyclic) bond motifs is 1. The molecule has 0 radical (unpaired) electrons. The molecular formula is C11H9N7S. The second kappa shape index (κ2) is 4.99. The predicted molar refractivity (Wildman–Crippen MR) is 70.6 cm³/mol. The van der Waals surface area contributed by atoms with E-state index in [9.17, 15) is 0 Å². The number of hydrogen-bond donors (Lipinski definition) is 2. The number of tetrazole rings is 1. The standard InChI is InChI=1S/C11H9N7S/c12-5-7(10-15-17-18-16-10)6-13-11-14-8-3-1-2-4-9(8)19-11/h1-4,7H,6H2,(H,13,14)(H,15,16,17,18). The molecule has 3 aromatic rings. The summed E-state index contributed by atoms with van der Waals surface area (Å²) >= 11 is 1.55. The van der Waals surface area contributed by atoms with Gasteiger partial charge in [-0.25, -0.2) is 4.98 Å². The summed E-state index contributed by atoms with van der Waals surface area (Å²) in [6.07, 6.45) is 0. The average Bonchev–Trinajstić information content (AvgIpc) is 3.08. The molecule has 0 aliphatic rings. The maximum atomic E-state index is 9.09. The molecule has 0 bridgehead atoms. The number of para-hydroxylation sites is 1. The summed E-state index contributed by atoms with van der Waals surface area (Å²) in [5.41, 5.74) is 0.947. The van der Waals surface area contributed by atoms with E-state index in [1.165, 1.54) is 0 Å². The van der Waals surface area contributed by atoms with Crippen molar-refractivity contribution in [2.24, 2.45) is 0 Å². The quantitative estimate of drug-likeness (QED) is 0.745. The molecular weight excluding hydrogens is 262 g/mol. The number of nitrogens with zero attached hydrogens (tertiary/aromatic N) is 5. The number of nitriles is 1. The van der Waals surface area contributed by atoms with Crippen LogP contribution in [0.15, 0.2) is 24.3 Å². The highest BCUT2D eigenvalue weighted by Crippen LogP contribution is 2.25. The number of aromatic amines is 1. The molecule has 1 aromatic carbocycles. The largest absolute Gasteiger partial charge is 0.360 e. The Morgan fingerprint density at radius 3 is 3.05 bits per heavy atom. The molecule has 1 unspecified atom stereocenters. The number of thiazole rings is 1. The Hall–Kier alpha value is -2.53. The molecule has 0 saturated carbocycles. The number of nitrogens with one attached hydrogen (secondary N) is 2. The molecule has 1 atom stereocenters. The van der Waals surface area contributed by atoms with Crippen molar-refractivity contribution in [3.8, 4) is 6.07 Å². The summed E-state index contributed by atoms with van der Waals surface area (Å²) in [6.45, 7) is 0.399. The van der Waals surface area contributed by atoms with Crippen LogP contribution in [0.4, 0.5) is 5.13 Å². The molecule has 0 aliphatic carbocycles. The molecule has 2 heterocycles. The molecule has 7 nitrogen and oxygen atoms in total. The van der Waals surface area contributed by atoms with Crippen LogP contribution in [0.3, 0.4) is 0 Å². The Morgan fingerprint density at radius 2 is 2.32 bits per heavy atom. The lowest BCUT2D eigenvalue weighted by molar-refractivity contribution is 0.813. The zero-order chi connectivity index (χ0) is 13.1. The van der Waals surface area contributed by atoms with Crippen LogP contribution < -0.4 is 5.32 Å². The Kier molecular flexibility index (Phi) is 3.04. The first-order valence-corrected chi connectivity index (χ1v) is 6.41. The first-order chi connectivity index (χ1) is 9.36. The fourth-order valence-electron chi connectivity index (χ4n) is 1.65. The van der Waals surface area contributed by atoms with Gasteiger partial charge in [0.25, 0.3) is 0 Å². The van der Waals surface area contributed by atoms with Crippen molar-refractivity contribution < 1.29 is 0 Å². The van der Waals surface area contributed by atoms with Gasteiger partial charge in [0.1, 0.15) is 5.92 Å². The van der Waals surface area contributed by atoms with Crippen LogP contribution in [0.2, 0.25) is 0 Å². The van der Waals surface area contributed by atoms with Crippen molar-refractivity contribution in [2.75, 3.05) is 11.9 Å². The minimum atomic E-state index is -0.453. The van der Waals surface area contributed by atoms with E-state index in [2.05, 4.69) is 37.0 Å². The van der Waals surface area contributed by atoms with E-state index in [0.29, 0.717) is 12.4 Å². The Bertz CT molecular complexity index is 679. The van der Waals surface area contributed by atoms with E-state index < -0.39 is 5.92 Å². The van der Waals surface area contributed by atoms with E-state index in [-0.39, 0.29) is 0 Å². The highest BCUT2D eigenvalue weighted by atomic mass is 32.1. The molecule has 3 rings (SSSR count). The van der Waals surface area contributed by atoms with Crippen LogP contribution in [-0.4, -0.2) is 32.2 Å². The third-order valence-corrected chi connectivity index (χ3v) is 3.57. The first-order valence-electron chi connectivity index (χ1n) is 5.59. The monoisotopic (exact) mass is 271 g/mol. The first kappa shape index (κ1) is 11.6. The van der Waals surface area contributed by atoms with Gasteiger partial charge in [0.05, 0.1) is 16.3 Å². The summed E-state index contributed by atoms with van der Waals surface area (Å²) in [4.78, 5) is 4.43. The van der Waals surface area contributed by atoms with E-state index in [4.69, 9.17) is 5.26 Å². The summed E-state index contributed by atoms with van der Waals surface area (Å²) < 4.78 is 1.11. The number of hydrogen-bond acceptors (Lipinski definition) is 7.